The lowest BCUT2D eigenvalue weighted by molar-refractivity contribution is -0.164. The zero-order valence-corrected chi connectivity index (χ0v) is 19.0. The molecule has 2 aromatic carbocycles. The fraction of sp³-hybridized carbons (Fsp3) is 0.400. The molecular formula is C25H28F2N2O5. The number of alkyl carbamates (subject to hydrolysis) is 1. The Morgan fingerprint density at radius 3 is 2.09 bits per heavy atom. The predicted octanol–water partition coefficient (Wildman–Crippen LogP) is 4.02. The van der Waals surface area contributed by atoms with E-state index >= 15 is 0 Å². The minimum absolute atomic E-state index is 0.0417. The summed E-state index contributed by atoms with van der Waals surface area (Å²) in [5.41, 5.74) is 4.32. The van der Waals surface area contributed by atoms with E-state index in [9.17, 15) is 23.2 Å². The highest BCUT2D eigenvalue weighted by atomic mass is 19.3. The molecule has 1 aliphatic rings. The highest BCUT2D eigenvalue weighted by Gasteiger charge is 2.39. The number of ether oxygens (including phenoxy) is 1. The molecule has 1 aliphatic carbocycles. The number of carboxylic acids is 1. The second-order valence-corrected chi connectivity index (χ2v) is 8.76. The lowest BCUT2D eigenvalue weighted by Crippen LogP contribution is -2.46. The zero-order chi connectivity index (χ0) is 24.9. The van der Waals surface area contributed by atoms with Gasteiger partial charge in [0, 0.05) is 12.5 Å². The van der Waals surface area contributed by atoms with E-state index in [0.717, 1.165) is 22.3 Å². The molecule has 7 nitrogen and oxygen atoms in total. The number of hydrogen-bond donors (Lipinski definition) is 3. The highest BCUT2D eigenvalue weighted by Crippen LogP contribution is 2.44. The van der Waals surface area contributed by atoms with E-state index in [1.165, 1.54) is 0 Å². The Bertz CT molecular complexity index is 1010. The number of hydrogen-bond acceptors (Lipinski definition) is 4. The van der Waals surface area contributed by atoms with Crippen LogP contribution in [0.25, 0.3) is 11.1 Å². The molecule has 0 saturated heterocycles. The molecule has 3 rings (SSSR count). The maximum atomic E-state index is 13.3. The number of carbonyl (C=O) groups excluding carboxylic acids is 2. The molecule has 3 N–H and O–H groups in total. The number of benzene rings is 2. The van der Waals surface area contributed by atoms with Crippen molar-refractivity contribution in [3.8, 4) is 11.1 Å². The Morgan fingerprint density at radius 1 is 1.00 bits per heavy atom. The molecule has 182 valence electrons. The number of halogens is 2. The molecule has 2 aromatic rings. The average Bonchev–Trinajstić information content (AvgIpc) is 3.12. The van der Waals surface area contributed by atoms with Crippen molar-refractivity contribution < 1.29 is 33.0 Å². The molecule has 0 radical (unpaired) electrons. The number of carboxylic acid groups (broad SMARTS) is 1. The third-order valence-corrected chi connectivity index (χ3v) is 5.76. The highest BCUT2D eigenvalue weighted by molar-refractivity contribution is 5.82. The van der Waals surface area contributed by atoms with Gasteiger partial charge < -0.3 is 20.5 Å². The Hall–Kier alpha value is -3.49. The van der Waals surface area contributed by atoms with Crippen LogP contribution >= 0.6 is 0 Å². The van der Waals surface area contributed by atoms with E-state index in [4.69, 9.17) is 9.84 Å². The maximum absolute atomic E-state index is 13.3. The first-order valence-corrected chi connectivity index (χ1v) is 11.1. The van der Waals surface area contributed by atoms with Crippen molar-refractivity contribution in [1.82, 2.24) is 10.6 Å². The number of fused-ring (bicyclic) bond motifs is 3. The van der Waals surface area contributed by atoms with E-state index in [2.05, 4.69) is 5.32 Å². The van der Waals surface area contributed by atoms with Crippen molar-refractivity contribution in [3.63, 3.8) is 0 Å². The van der Waals surface area contributed by atoms with Gasteiger partial charge in [0.05, 0.1) is 12.5 Å². The molecule has 0 fully saturated rings. The van der Waals surface area contributed by atoms with Crippen LogP contribution in [0.3, 0.4) is 0 Å². The Balaban J connectivity index is 1.57. The summed E-state index contributed by atoms with van der Waals surface area (Å²) >= 11 is 0. The van der Waals surface area contributed by atoms with Gasteiger partial charge in [0.1, 0.15) is 6.61 Å². The quantitative estimate of drug-likeness (QED) is 0.482. The van der Waals surface area contributed by atoms with Gasteiger partial charge in [0.2, 0.25) is 5.91 Å². The van der Waals surface area contributed by atoms with E-state index < -0.39 is 36.4 Å². The average molecular weight is 475 g/mol. The van der Waals surface area contributed by atoms with Crippen molar-refractivity contribution in [2.75, 3.05) is 19.7 Å². The molecule has 34 heavy (non-hydrogen) atoms. The first-order chi connectivity index (χ1) is 16.1. The number of amides is 2. The van der Waals surface area contributed by atoms with E-state index in [0.29, 0.717) is 6.42 Å². The fourth-order valence-corrected chi connectivity index (χ4v) is 4.13. The first kappa shape index (κ1) is 25.1. The summed E-state index contributed by atoms with van der Waals surface area (Å²) in [7, 11) is 0. The van der Waals surface area contributed by atoms with Crippen LogP contribution in [0.4, 0.5) is 13.6 Å². The van der Waals surface area contributed by atoms with Gasteiger partial charge in [0.15, 0.2) is 0 Å². The summed E-state index contributed by atoms with van der Waals surface area (Å²) in [6.07, 6.45) is -0.409. The largest absolute Gasteiger partial charge is 0.477 e. The standard InChI is InChI=1S/C25H28F2N2O5/c1-15(2)11-16(22(30)29-14-25(26,27)23(31)32)12-28-24(33)34-13-21-19-9-5-3-7-17(19)18-8-4-6-10-20(18)21/h3-10,15-16,21H,11-14H2,1-2H3,(H,28,33)(H,29,30)(H,31,32). The molecule has 0 saturated carbocycles. The lowest BCUT2D eigenvalue weighted by Gasteiger charge is -2.21. The van der Waals surface area contributed by atoms with Crippen LogP contribution < -0.4 is 10.6 Å². The van der Waals surface area contributed by atoms with Gasteiger partial charge in [-0.3, -0.25) is 4.79 Å². The minimum Gasteiger partial charge on any atom is -0.477 e. The van der Waals surface area contributed by atoms with Crippen molar-refractivity contribution in [2.45, 2.75) is 32.1 Å². The first-order valence-electron chi connectivity index (χ1n) is 11.1. The molecule has 0 aromatic heterocycles. The van der Waals surface area contributed by atoms with E-state index in [1.54, 1.807) is 0 Å². The number of rotatable bonds is 10. The number of nitrogens with one attached hydrogen (secondary N) is 2. The Kier molecular flexibility index (Phi) is 7.86. The van der Waals surface area contributed by atoms with Crippen LogP contribution in [-0.2, 0) is 14.3 Å². The summed E-state index contributed by atoms with van der Waals surface area (Å²) in [5.74, 6) is -8.03. The van der Waals surface area contributed by atoms with E-state index in [1.807, 2.05) is 67.7 Å². The number of alkyl halides is 2. The van der Waals surface area contributed by atoms with Crippen LogP contribution in [0.2, 0.25) is 0 Å². The van der Waals surface area contributed by atoms with Gasteiger partial charge in [-0.05, 0) is 34.6 Å². The maximum Gasteiger partial charge on any atom is 0.407 e. The topological polar surface area (TPSA) is 105 Å². The summed E-state index contributed by atoms with van der Waals surface area (Å²) in [4.78, 5) is 35.3. The molecule has 9 heteroatoms. The normalized spacial score (nSPS) is 13.7. The van der Waals surface area contributed by atoms with Gasteiger partial charge in [-0.2, -0.15) is 8.78 Å². The minimum atomic E-state index is -4.07. The van der Waals surface area contributed by atoms with Crippen molar-refractivity contribution in [1.29, 1.82) is 0 Å². The summed E-state index contributed by atoms with van der Waals surface area (Å²) < 4.78 is 32.0. The van der Waals surface area contributed by atoms with Crippen LogP contribution in [0.1, 0.15) is 37.3 Å². The van der Waals surface area contributed by atoms with Gasteiger partial charge in [-0.15, -0.1) is 0 Å². The van der Waals surface area contributed by atoms with Gasteiger partial charge in [0.25, 0.3) is 0 Å². The lowest BCUT2D eigenvalue weighted by atomic mass is 9.96. The number of aliphatic carboxylic acids is 1. The monoisotopic (exact) mass is 474 g/mol. The third kappa shape index (κ3) is 5.89. The summed E-state index contributed by atoms with van der Waals surface area (Å²) in [6.45, 7) is 2.35. The molecule has 0 spiro atoms. The van der Waals surface area contributed by atoms with Gasteiger partial charge in [-0.1, -0.05) is 62.4 Å². The molecule has 0 aliphatic heterocycles. The molecule has 1 unspecified atom stereocenters. The second-order valence-electron chi connectivity index (χ2n) is 8.76. The second kappa shape index (κ2) is 10.6. The molecular weight excluding hydrogens is 446 g/mol. The molecule has 2 amide bonds. The molecule has 0 heterocycles. The van der Waals surface area contributed by atoms with Crippen molar-refractivity contribution in [2.24, 2.45) is 11.8 Å². The summed E-state index contributed by atoms with van der Waals surface area (Å²) in [5, 5.41) is 13.0. The van der Waals surface area contributed by atoms with Crippen LogP contribution in [-0.4, -0.2) is 48.7 Å². The molecule has 1 atom stereocenters. The third-order valence-electron chi connectivity index (χ3n) is 5.76. The Morgan fingerprint density at radius 2 is 1.56 bits per heavy atom. The van der Waals surface area contributed by atoms with Crippen molar-refractivity contribution >= 4 is 18.0 Å². The zero-order valence-electron chi connectivity index (χ0n) is 19.0. The van der Waals surface area contributed by atoms with Crippen LogP contribution in [0.15, 0.2) is 48.5 Å². The van der Waals surface area contributed by atoms with Crippen molar-refractivity contribution in [3.05, 3.63) is 59.7 Å². The fourth-order valence-electron chi connectivity index (χ4n) is 4.13. The summed E-state index contributed by atoms with van der Waals surface area (Å²) in [6, 6.07) is 15.8. The Labute approximate surface area is 196 Å². The van der Waals surface area contributed by atoms with Gasteiger partial charge >= 0.3 is 18.0 Å². The van der Waals surface area contributed by atoms with Gasteiger partial charge in [-0.25, -0.2) is 9.59 Å². The smallest absolute Gasteiger partial charge is 0.407 e. The predicted molar refractivity (Wildman–Crippen MR) is 122 cm³/mol. The van der Waals surface area contributed by atoms with Crippen LogP contribution in [0.5, 0.6) is 0 Å². The number of carbonyl (C=O) groups is 3. The molecule has 0 bridgehead atoms. The SMILES string of the molecule is CC(C)CC(CNC(=O)OCC1c2ccccc2-c2ccccc21)C(=O)NCC(F)(F)C(=O)O. The van der Waals surface area contributed by atoms with E-state index in [-0.39, 0.29) is 25.0 Å². The van der Waals surface area contributed by atoms with Crippen LogP contribution in [0, 0.1) is 11.8 Å².